The lowest BCUT2D eigenvalue weighted by atomic mass is 10.1. The van der Waals surface area contributed by atoms with Gasteiger partial charge >= 0.3 is 0 Å². The zero-order valence-corrected chi connectivity index (χ0v) is 14.0. The maximum atomic E-state index is 12.4. The summed E-state index contributed by atoms with van der Waals surface area (Å²) in [6, 6.07) is 10.5. The summed E-state index contributed by atoms with van der Waals surface area (Å²) in [6.45, 7) is 0. The fourth-order valence-electron chi connectivity index (χ4n) is 2.05. The molecule has 5 heteroatoms. The number of allylic oxidation sites excluding steroid dienone is 1. The first-order valence-electron chi connectivity index (χ1n) is 6.90. The highest BCUT2D eigenvalue weighted by molar-refractivity contribution is 7.98. The maximum absolute atomic E-state index is 12.4. The Kier molecular flexibility index (Phi) is 5.71. The van der Waals surface area contributed by atoms with Crippen molar-refractivity contribution in [2.75, 3.05) is 20.5 Å². The Bertz CT molecular complexity index is 721. The number of rotatable bonds is 6. The van der Waals surface area contributed by atoms with Crippen LogP contribution in [0, 0.1) is 0 Å². The van der Waals surface area contributed by atoms with Gasteiger partial charge in [0.15, 0.2) is 5.78 Å². The van der Waals surface area contributed by atoms with Crippen molar-refractivity contribution < 1.29 is 19.4 Å². The molecule has 0 radical (unpaired) electrons. The average molecular weight is 330 g/mol. The van der Waals surface area contributed by atoms with Crippen molar-refractivity contribution in [2.45, 2.75) is 4.90 Å². The molecule has 0 saturated heterocycles. The summed E-state index contributed by atoms with van der Waals surface area (Å²) in [5.41, 5.74) is 1.31. The zero-order chi connectivity index (χ0) is 16.8. The van der Waals surface area contributed by atoms with Gasteiger partial charge in [0.05, 0.1) is 19.8 Å². The number of methoxy groups -OCH3 is 2. The lowest BCUT2D eigenvalue weighted by molar-refractivity contribution is 0.104. The van der Waals surface area contributed by atoms with Gasteiger partial charge in [0.1, 0.15) is 17.2 Å². The van der Waals surface area contributed by atoms with Gasteiger partial charge in [0.2, 0.25) is 0 Å². The second-order valence-electron chi connectivity index (χ2n) is 4.70. The van der Waals surface area contributed by atoms with E-state index in [-0.39, 0.29) is 11.5 Å². The van der Waals surface area contributed by atoms with Crippen LogP contribution in [0.25, 0.3) is 6.08 Å². The van der Waals surface area contributed by atoms with Crippen LogP contribution in [-0.2, 0) is 0 Å². The van der Waals surface area contributed by atoms with E-state index in [1.165, 1.54) is 31.0 Å². The first-order chi connectivity index (χ1) is 11.1. The number of carbonyl (C=O) groups excluding carboxylic acids is 1. The van der Waals surface area contributed by atoms with Gasteiger partial charge in [-0.1, -0.05) is 18.2 Å². The SMILES string of the molecule is COc1ccc(C=CC(=O)c2cc(SC)c(O)cc2OC)cc1. The molecule has 0 aromatic heterocycles. The quantitative estimate of drug-likeness (QED) is 0.492. The third kappa shape index (κ3) is 4.07. The normalized spacial score (nSPS) is 10.7. The molecule has 120 valence electrons. The average Bonchev–Trinajstić information content (AvgIpc) is 2.59. The second-order valence-corrected chi connectivity index (χ2v) is 5.54. The van der Waals surface area contributed by atoms with Gasteiger partial charge in [-0.25, -0.2) is 0 Å². The molecule has 0 unspecified atom stereocenters. The van der Waals surface area contributed by atoms with Crippen molar-refractivity contribution >= 4 is 23.6 Å². The summed E-state index contributed by atoms with van der Waals surface area (Å²) in [5, 5.41) is 9.84. The van der Waals surface area contributed by atoms with E-state index in [1.807, 2.05) is 30.5 Å². The van der Waals surface area contributed by atoms with Crippen LogP contribution in [0.1, 0.15) is 15.9 Å². The number of ether oxygens (including phenoxy) is 2. The van der Waals surface area contributed by atoms with Gasteiger partial charge in [-0.2, -0.15) is 0 Å². The Hall–Kier alpha value is -2.40. The lowest BCUT2D eigenvalue weighted by Crippen LogP contribution is -1.99. The number of hydrogen-bond donors (Lipinski definition) is 1. The number of aromatic hydroxyl groups is 1. The molecule has 2 aromatic rings. The van der Waals surface area contributed by atoms with Crippen LogP contribution in [-0.4, -0.2) is 31.4 Å². The van der Waals surface area contributed by atoms with Gasteiger partial charge in [0, 0.05) is 11.0 Å². The van der Waals surface area contributed by atoms with Crippen LogP contribution in [0.3, 0.4) is 0 Å². The number of ketones is 1. The molecule has 2 aromatic carbocycles. The minimum absolute atomic E-state index is 0.102. The maximum Gasteiger partial charge on any atom is 0.189 e. The van der Waals surface area contributed by atoms with E-state index in [0.717, 1.165) is 11.3 Å². The summed E-state index contributed by atoms with van der Waals surface area (Å²) in [4.78, 5) is 13.0. The summed E-state index contributed by atoms with van der Waals surface area (Å²) in [6.07, 6.45) is 5.05. The van der Waals surface area contributed by atoms with Crippen molar-refractivity contribution in [3.8, 4) is 17.2 Å². The predicted molar refractivity (Wildman–Crippen MR) is 92.8 cm³/mol. The molecule has 0 saturated carbocycles. The molecule has 0 spiro atoms. The molecule has 0 atom stereocenters. The number of phenols is 1. The summed E-state index contributed by atoms with van der Waals surface area (Å²) >= 11 is 1.37. The summed E-state index contributed by atoms with van der Waals surface area (Å²) in [5.74, 6) is 1.03. The minimum atomic E-state index is -0.187. The fraction of sp³-hybridized carbons (Fsp3) is 0.167. The minimum Gasteiger partial charge on any atom is -0.507 e. The van der Waals surface area contributed by atoms with Crippen LogP contribution in [0.4, 0.5) is 0 Å². The highest BCUT2D eigenvalue weighted by atomic mass is 32.2. The number of phenolic OH excluding ortho intramolecular Hbond substituents is 1. The van der Waals surface area contributed by atoms with Crippen molar-refractivity contribution in [1.82, 2.24) is 0 Å². The van der Waals surface area contributed by atoms with E-state index in [4.69, 9.17) is 9.47 Å². The molecule has 1 N–H and O–H groups in total. The first kappa shape index (κ1) is 17.0. The predicted octanol–water partition coefficient (Wildman–Crippen LogP) is 4.03. The number of hydrogen-bond acceptors (Lipinski definition) is 5. The third-order valence-corrected chi connectivity index (χ3v) is 4.08. The molecule has 0 amide bonds. The van der Waals surface area contributed by atoms with Crippen LogP contribution in [0.5, 0.6) is 17.2 Å². The molecule has 0 aliphatic carbocycles. The van der Waals surface area contributed by atoms with E-state index in [0.29, 0.717) is 16.2 Å². The van der Waals surface area contributed by atoms with Crippen molar-refractivity contribution in [3.63, 3.8) is 0 Å². The van der Waals surface area contributed by atoms with Crippen molar-refractivity contribution in [3.05, 3.63) is 53.6 Å². The molecule has 0 aliphatic heterocycles. The third-order valence-electron chi connectivity index (χ3n) is 3.31. The zero-order valence-electron chi connectivity index (χ0n) is 13.2. The van der Waals surface area contributed by atoms with Crippen LogP contribution in [0.2, 0.25) is 0 Å². The lowest BCUT2D eigenvalue weighted by Gasteiger charge is -2.09. The Labute approximate surface area is 139 Å². The number of carbonyl (C=O) groups is 1. The molecular formula is C18H18O4S. The van der Waals surface area contributed by atoms with Crippen LogP contribution in [0.15, 0.2) is 47.4 Å². The smallest absolute Gasteiger partial charge is 0.189 e. The number of benzene rings is 2. The van der Waals surface area contributed by atoms with Crippen LogP contribution >= 0.6 is 11.8 Å². The standard InChI is InChI=1S/C18H18O4S/c1-21-13-7-4-12(5-8-13)6-9-15(19)14-10-18(23-3)16(20)11-17(14)22-2/h4-11,20H,1-3H3. The molecule has 2 rings (SSSR count). The first-order valence-corrected chi connectivity index (χ1v) is 8.13. The van der Waals surface area contributed by atoms with E-state index >= 15 is 0 Å². The van der Waals surface area contributed by atoms with Gasteiger partial charge < -0.3 is 14.6 Å². The monoisotopic (exact) mass is 330 g/mol. The number of thioether (sulfide) groups is 1. The Morgan fingerprint density at radius 2 is 1.83 bits per heavy atom. The van der Waals surface area contributed by atoms with Crippen molar-refractivity contribution in [2.24, 2.45) is 0 Å². The van der Waals surface area contributed by atoms with Crippen molar-refractivity contribution in [1.29, 1.82) is 0 Å². The highest BCUT2D eigenvalue weighted by Gasteiger charge is 2.14. The van der Waals surface area contributed by atoms with Crippen LogP contribution < -0.4 is 9.47 Å². The molecule has 4 nitrogen and oxygen atoms in total. The molecule has 23 heavy (non-hydrogen) atoms. The summed E-state index contributed by atoms with van der Waals surface area (Å²) in [7, 11) is 3.08. The fourth-order valence-corrected chi connectivity index (χ4v) is 2.55. The second kappa shape index (κ2) is 7.74. The van der Waals surface area contributed by atoms with E-state index in [9.17, 15) is 9.90 Å². The van der Waals surface area contributed by atoms with Gasteiger partial charge in [-0.3, -0.25) is 4.79 Å². The molecular weight excluding hydrogens is 312 g/mol. The Balaban J connectivity index is 2.27. The molecule has 0 heterocycles. The summed E-state index contributed by atoms with van der Waals surface area (Å²) < 4.78 is 10.3. The molecule has 0 fully saturated rings. The Morgan fingerprint density at radius 1 is 1.13 bits per heavy atom. The van der Waals surface area contributed by atoms with E-state index < -0.39 is 0 Å². The molecule has 0 aliphatic rings. The van der Waals surface area contributed by atoms with E-state index in [1.54, 1.807) is 19.3 Å². The van der Waals surface area contributed by atoms with E-state index in [2.05, 4.69) is 0 Å². The topological polar surface area (TPSA) is 55.8 Å². The Morgan fingerprint density at radius 3 is 2.39 bits per heavy atom. The molecule has 0 bridgehead atoms. The van der Waals surface area contributed by atoms with Gasteiger partial charge in [-0.05, 0) is 36.1 Å². The highest BCUT2D eigenvalue weighted by Crippen LogP contribution is 2.34. The largest absolute Gasteiger partial charge is 0.507 e. The van der Waals surface area contributed by atoms with Gasteiger partial charge in [0.25, 0.3) is 0 Å². The van der Waals surface area contributed by atoms with Gasteiger partial charge in [-0.15, -0.1) is 11.8 Å².